The van der Waals surface area contributed by atoms with Gasteiger partial charge in [-0.3, -0.25) is 9.97 Å². The molecule has 126 valence electrons. The largest absolute Gasteiger partial charge is 0.609 e. The zero-order valence-corrected chi connectivity index (χ0v) is 14.4. The molecule has 0 aliphatic carbocycles. The number of hydrogen-bond acceptors (Lipinski definition) is 5. The Morgan fingerprint density at radius 1 is 1.33 bits per heavy atom. The molecule has 24 heavy (non-hydrogen) atoms. The average Bonchev–Trinajstić information content (AvgIpc) is 3.04. The predicted molar refractivity (Wildman–Crippen MR) is 93.0 cm³/mol. The Bertz CT molecular complexity index is 933. The molecule has 0 unspecified atom stereocenters. The summed E-state index contributed by atoms with van der Waals surface area (Å²) in [5, 5.41) is 0.358. The minimum Gasteiger partial charge on any atom is -0.609 e. The van der Waals surface area contributed by atoms with Gasteiger partial charge < -0.3 is 14.0 Å². The Morgan fingerprint density at radius 3 is 2.92 bits per heavy atom. The Morgan fingerprint density at radius 2 is 2.17 bits per heavy atom. The van der Waals surface area contributed by atoms with Crippen molar-refractivity contribution >= 4 is 22.2 Å². The monoisotopic (exact) mass is 347 g/mol. The van der Waals surface area contributed by atoms with E-state index in [1.54, 1.807) is 39.3 Å². The highest BCUT2D eigenvalue weighted by Crippen LogP contribution is 2.27. The molecule has 1 aromatic carbocycles. The van der Waals surface area contributed by atoms with Crippen molar-refractivity contribution in [2.75, 3.05) is 14.2 Å². The summed E-state index contributed by atoms with van der Waals surface area (Å²) in [5.41, 5.74) is 3.45. The maximum absolute atomic E-state index is 12.7. The molecule has 1 N–H and O–H groups in total. The van der Waals surface area contributed by atoms with Crippen molar-refractivity contribution < 1.29 is 16.8 Å². The van der Waals surface area contributed by atoms with Crippen LogP contribution in [-0.2, 0) is 16.9 Å². The molecule has 3 aromatic rings. The van der Waals surface area contributed by atoms with E-state index in [1.165, 1.54) is 0 Å². The van der Waals surface area contributed by atoms with Gasteiger partial charge in [0.1, 0.15) is 11.5 Å². The molecule has 0 fully saturated rings. The summed E-state index contributed by atoms with van der Waals surface area (Å²) < 4.78 is 37.7. The molecule has 3 rings (SSSR count). The third kappa shape index (κ3) is 3.05. The fourth-order valence-electron chi connectivity index (χ4n) is 2.47. The molecule has 0 aliphatic heterocycles. The van der Waals surface area contributed by atoms with Gasteiger partial charge in [0.2, 0.25) is 0 Å². The van der Waals surface area contributed by atoms with Crippen molar-refractivity contribution in [1.82, 2.24) is 15.0 Å². The summed E-state index contributed by atoms with van der Waals surface area (Å²) >= 11 is -1.43. The number of methoxy groups -OCH3 is 2. The Kier molecular flexibility index (Phi) is 3.94. The quantitative estimate of drug-likeness (QED) is 0.718. The molecule has 7 heteroatoms. The Balaban J connectivity index is 1.87. The lowest BCUT2D eigenvalue weighted by Crippen LogP contribution is -2.10. The first-order chi connectivity index (χ1) is 12.4. The molecule has 0 spiro atoms. The second kappa shape index (κ2) is 6.70. The van der Waals surface area contributed by atoms with Crippen LogP contribution in [0.25, 0.3) is 11.0 Å². The third-order valence-electron chi connectivity index (χ3n) is 3.82. The number of rotatable bonds is 5. The van der Waals surface area contributed by atoms with E-state index in [-0.39, 0.29) is 5.75 Å². The molecular weight excluding hydrogens is 326 g/mol. The second-order valence-corrected chi connectivity index (χ2v) is 6.74. The molecular formula is C17H19N3O3S. The summed E-state index contributed by atoms with van der Waals surface area (Å²) in [7, 11) is 0.148. The SMILES string of the molecule is [2H]C([2H])Oc1c(C)cnc(C[S@+]([O-])c2nc3cc(OC)ccc3[nH]2)c1C. The number of nitrogens with zero attached hydrogens (tertiary/aromatic N) is 2. The highest BCUT2D eigenvalue weighted by Gasteiger charge is 2.21. The van der Waals surface area contributed by atoms with Crippen molar-refractivity contribution in [3.8, 4) is 11.5 Å². The Labute approximate surface area is 146 Å². The molecule has 0 radical (unpaired) electrons. The number of hydrogen-bond donors (Lipinski definition) is 1. The number of aromatic nitrogens is 3. The van der Waals surface area contributed by atoms with Crippen LogP contribution in [0.4, 0.5) is 0 Å². The van der Waals surface area contributed by atoms with Gasteiger partial charge in [-0.05, 0) is 26.0 Å². The summed E-state index contributed by atoms with van der Waals surface area (Å²) in [6, 6.07) is 5.41. The van der Waals surface area contributed by atoms with Gasteiger partial charge in [-0.1, -0.05) is 0 Å². The van der Waals surface area contributed by atoms with Gasteiger partial charge >= 0.3 is 5.16 Å². The normalized spacial score (nSPS) is 13.7. The minimum absolute atomic E-state index is 0.153. The number of ether oxygens (including phenoxy) is 2. The second-order valence-electron chi connectivity index (χ2n) is 5.37. The number of imidazole rings is 1. The van der Waals surface area contributed by atoms with E-state index in [2.05, 4.69) is 15.0 Å². The maximum atomic E-state index is 12.7. The lowest BCUT2D eigenvalue weighted by Gasteiger charge is -2.13. The fraction of sp³-hybridized carbons (Fsp3) is 0.294. The third-order valence-corrected chi connectivity index (χ3v) is 4.98. The zero-order chi connectivity index (χ0) is 18.8. The number of H-pyrrole nitrogens is 1. The lowest BCUT2D eigenvalue weighted by molar-refractivity contribution is 0.407. The first-order valence-electron chi connectivity index (χ1n) is 8.43. The molecule has 0 amide bonds. The van der Waals surface area contributed by atoms with Crippen LogP contribution >= 0.6 is 0 Å². The first-order valence-corrected chi connectivity index (χ1v) is 8.59. The molecule has 6 nitrogen and oxygen atoms in total. The van der Waals surface area contributed by atoms with Gasteiger partial charge in [0.15, 0.2) is 5.75 Å². The molecule has 2 heterocycles. The highest BCUT2D eigenvalue weighted by molar-refractivity contribution is 7.90. The van der Waals surface area contributed by atoms with Crippen molar-refractivity contribution in [3.63, 3.8) is 0 Å². The fourth-order valence-corrected chi connectivity index (χ4v) is 3.57. The van der Waals surface area contributed by atoms with E-state index in [4.69, 9.17) is 12.2 Å². The predicted octanol–water partition coefficient (Wildman–Crippen LogP) is 2.90. The lowest BCUT2D eigenvalue weighted by atomic mass is 10.1. The standard InChI is InChI=1S/C17H19N3O3S/c1-10-8-18-15(11(2)16(10)23-4)9-24(21)17-19-13-6-5-12(22-3)7-14(13)20-17/h5-8H,9H2,1-4H3,(H,19,20)/t24-/m0/s1/i4D2. The summed E-state index contributed by atoms with van der Waals surface area (Å²) in [6.07, 6.45) is 1.60. The van der Waals surface area contributed by atoms with Crippen LogP contribution in [0.5, 0.6) is 11.5 Å². The van der Waals surface area contributed by atoms with E-state index in [0.717, 1.165) is 11.1 Å². The van der Waals surface area contributed by atoms with Crippen molar-refractivity contribution in [2.45, 2.75) is 24.8 Å². The van der Waals surface area contributed by atoms with Crippen LogP contribution in [0.1, 0.15) is 19.6 Å². The van der Waals surface area contributed by atoms with Gasteiger partial charge in [-0.25, -0.2) is 0 Å². The van der Waals surface area contributed by atoms with Crippen LogP contribution in [0, 0.1) is 13.8 Å². The first kappa shape index (κ1) is 14.1. The number of pyridine rings is 1. The van der Waals surface area contributed by atoms with E-state index in [9.17, 15) is 4.55 Å². The minimum atomic E-state index is -1.43. The molecule has 0 aliphatic rings. The van der Waals surface area contributed by atoms with Crippen LogP contribution < -0.4 is 9.47 Å². The Hall–Kier alpha value is -2.25. The van der Waals surface area contributed by atoms with Gasteiger partial charge in [0.05, 0.1) is 33.6 Å². The number of fused-ring (bicyclic) bond motifs is 1. The number of benzene rings is 1. The zero-order valence-electron chi connectivity index (χ0n) is 15.6. The van der Waals surface area contributed by atoms with Gasteiger partial charge in [-0.15, -0.1) is 0 Å². The molecule has 1 atom stereocenters. The van der Waals surface area contributed by atoms with Crippen LogP contribution in [0.15, 0.2) is 29.6 Å². The van der Waals surface area contributed by atoms with Gasteiger partial charge in [-0.2, -0.15) is 4.98 Å². The van der Waals surface area contributed by atoms with Crippen LogP contribution in [-0.4, -0.2) is 33.7 Å². The smallest absolute Gasteiger partial charge is 0.322 e. The molecule has 2 aromatic heterocycles. The van der Waals surface area contributed by atoms with E-state index >= 15 is 0 Å². The van der Waals surface area contributed by atoms with Gasteiger partial charge in [0, 0.05) is 34.6 Å². The number of nitrogens with one attached hydrogen (secondary N) is 1. The summed E-state index contributed by atoms with van der Waals surface area (Å²) in [5.74, 6) is 1.27. The van der Waals surface area contributed by atoms with E-state index in [0.29, 0.717) is 33.4 Å². The van der Waals surface area contributed by atoms with E-state index < -0.39 is 18.2 Å². The molecule has 0 bridgehead atoms. The van der Waals surface area contributed by atoms with E-state index in [1.807, 2.05) is 6.07 Å². The highest BCUT2D eigenvalue weighted by atomic mass is 32.2. The summed E-state index contributed by atoms with van der Waals surface area (Å²) in [4.78, 5) is 11.8. The van der Waals surface area contributed by atoms with Crippen molar-refractivity contribution in [2.24, 2.45) is 0 Å². The van der Waals surface area contributed by atoms with Gasteiger partial charge in [0.25, 0.3) is 0 Å². The topological polar surface area (TPSA) is 83.1 Å². The van der Waals surface area contributed by atoms with Crippen LogP contribution in [0.3, 0.4) is 0 Å². The molecule has 0 saturated heterocycles. The summed E-state index contributed by atoms with van der Waals surface area (Å²) in [6.45, 7) is 3.58. The van der Waals surface area contributed by atoms with Crippen molar-refractivity contribution in [3.05, 3.63) is 41.2 Å². The number of aromatic amines is 1. The number of aryl methyl sites for hydroxylation is 1. The van der Waals surface area contributed by atoms with Crippen molar-refractivity contribution in [1.29, 1.82) is 0 Å². The van der Waals surface area contributed by atoms with Crippen LogP contribution in [0.2, 0.25) is 0 Å². The maximum Gasteiger partial charge on any atom is 0.322 e. The average molecular weight is 347 g/mol. The molecule has 0 saturated carbocycles.